The first-order valence-corrected chi connectivity index (χ1v) is 9.30. The summed E-state index contributed by atoms with van der Waals surface area (Å²) in [5.41, 5.74) is 0.970. The van der Waals surface area contributed by atoms with Gasteiger partial charge in [-0.1, -0.05) is 19.3 Å². The Bertz CT molecular complexity index is 629. The minimum atomic E-state index is -0.933. The zero-order valence-electron chi connectivity index (χ0n) is 14.4. The Morgan fingerprint density at radius 2 is 1.84 bits per heavy atom. The van der Waals surface area contributed by atoms with Crippen LogP contribution in [0.4, 0.5) is 5.95 Å². The van der Waals surface area contributed by atoms with Crippen LogP contribution in [0.2, 0.25) is 0 Å². The first-order chi connectivity index (χ1) is 12.2. The van der Waals surface area contributed by atoms with Crippen LogP contribution in [-0.4, -0.2) is 53.1 Å². The van der Waals surface area contributed by atoms with E-state index in [4.69, 9.17) is 14.5 Å². The highest BCUT2D eigenvalue weighted by Crippen LogP contribution is 2.35. The summed E-state index contributed by atoms with van der Waals surface area (Å²) < 4.78 is 11.5. The van der Waals surface area contributed by atoms with Crippen molar-refractivity contribution in [1.82, 2.24) is 9.97 Å². The Balaban J connectivity index is 1.55. The Morgan fingerprint density at radius 3 is 2.48 bits per heavy atom. The van der Waals surface area contributed by atoms with E-state index in [9.17, 15) is 9.90 Å². The van der Waals surface area contributed by atoms with Crippen molar-refractivity contribution in [2.45, 2.75) is 56.7 Å². The zero-order valence-corrected chi connectivity index (χ0v) is 14.4. The number of carbonyl (C=O) groups is 1. The first kappa shape index (κ1) is 16.7. The van der Waals surface area contributed by atoms with Gasteiger partial charge in [0.05, 0.1) is 24.5 Å². The molecule has 136 valence electrons. The molecule has 1 aromatic heterocycles. The van der Waals surface area contributed by atoms with Crippen LogP contribution < -0.4 is 4.90 Å². The smallest absolute Gasteiger partial charge is 0.339 e. The molecule has 0 amide bonds. The van der Waals surface area contributed by atoms with Crippen LogP contribution in [0, 0.1) is 0 Å². The molecule has 3 aliphatic rings. The average molecular weight is 347 g/mol. The fourth-order valence-corrected chi connectivity index (χ4v) is 4.22. The van der Waals surface area contributed by atoms with Gasteiger partial charge in [0.15, 0.2) is 5.79 Å². The number of hydrogen-bond acceptors (Lipinski definition) is 6. The van der Waals surface area contributed by atoms with E-state index in [0.717, 1.165) is 51.6 Å². The second kappa shape index (κ2) is 6.88. The molecule has 25 heavy (non-hydrogen) atoms. The summed E-state index contributed by atoms with van der Waals surface area (Å²) in [6.07, 6.45) is 8.61. The largest absolute Gasteiger partial charge is 0.478 e. The summed E-state index contributed by atoms with van der Waals surface area (Å²) in [4.78, 5) is 22.8. The predicted octanol–water partition coefficient (Wildman–Crippen LogP) is 2.57. The average Bonchev–Trinajstić information content (AvgIpc) is 3.10. The fraction of sp³-hybridized carbons (Fsp3) is 0.722. The van der Waals surface area contributed by atoms with Crippen molar-refractivity contribution < 1.29 is 19.4 Å². The number of carboxylic acids is 1. The summed E-state index contributed by atoms with van der Waals surface area (Å²) >= 11 is 0. The van der Waals surface area contributed by atoms with E-state index in [2.05, 4.69) is 9.88 Å². The monoisotopic (exact) mass is 347 g/mol. The molecule has 2 saturated heterocycles. The highest BCUT2D eigenvalue weighted by Gasteiger charge is 2.40. The van der Waals surface area contributed by atoms with E-state index in [0.29, 0.717) is 24.9 Å². The number of nitrogens with zero attached hydrogens (tertiary/aromatic N) is 3. The molecule has 0 bridgehead atoms. The standard InChI is InChI=1S/C18H25N3O4/c22-16(23)14-12-19-17(20-15(14)13-4-2-1-3-5-13)21-8-6-18(7-9-21)24-10-11-25-18/h12-13H,1-11H2,(H,22,23). The quantitative estimate of drug-likeness (QED) is 0.899. The van der Waals surface area contributed by atoms with Gasteiger partial charge in [-0.15, -0.1) is 0 Å². The lowest BCUT2D eigenvalue weighted by Gasteiger charge is -2.37. The van der Waals surface area contributed by atoms with Crippen LogP contribution in [-0.2, 0) is 9.47 Å². The Morgan fingerprint density at radius 1 is 1.16 bits per heavy atom. The molecule has 1 spiro atoms. The molecule has 0 atom stereocenters. The molecule has 0 radical (unpaired) electrons. The molecule has 0 aromatic carbocycles. The van der Waals surface area contributed by atoms with Crippen molar-refractivity contribution in [1.29, 1.82) is 0 Å². The maximum Gasteiger partial charge on any atom is 0.339 e. The topological polar surface area (TPSA) is 84.8 Å². The number of aromatic nitrogens is 2. The van der Waals surface area contributed by atoms with Crippen molar-refractivity contribution in [2.24, 2.45) is 0 Å². The van der Waals surface area contributed by atoms with Gasteiger partial charge in [0.25, 0.3) is 0 Å². The number of aromatic carboxylic acids is 1. The van der Waals surface area contributed by atoms with E-state index in [1.165, 1.54) is 12.6 Å². The normalized spacial score (nSPS) is 23.9. The first-order valence-electron chi connectivity index (χ1n) is 9.30. The van der Waals surface area contributed by atoms with Crippen LogP contribution in [0.25, 0.3) is 0 Å². The van der Waals surface area contributed by atoms with E-state index in [1.54, 1.807) is 0 Å². The van der Waals surface area contributed by atoms with Gasteiger partial charge in [0.1, 0.15) is 0 Å². The lowest BCUT2D eigenvalue weighted by Crippen LogP contribution is -2.45. The van der Waals surface area contributed by atoms with Crippen molar-refractivity contribution in [3.8, 4) is 0 Å². The number of anilines is 1. The summed E-state index contributed by atoms with van der Waals surface area (Å²) in [7, 11) is 0. The SMILES string of the molecule is O=C(O)c1cnc(N2CCC3(CC2)OCCO3)nc1C1CCCCC1. The number of piperidine rings is 1. The fourth-order valence-electron chi connectivity index (χ4n) is 4.22. The molecule has 3 fully saturated rings. The number of ether oxygens (including phenoxy) is 2. The van der Waals surface area contributed by atoms with Gasteiger partial charge in [0, 0.05) is 38.0 Å². The maximum absolute atomic E-state index is 11.6. The minimum absolute atomic E-state index is 0.235. The molecule has 2 aliphatic heterocycles. The van der Waals surface area contributed by atoms with Crippen molar-refractivity contribution in [2.75, 3.05) is 31.2 Å². The minimum Gasteiger partial charge on any atom is -0.478 e. The van der Waals surface area contributed by atoms with E-state index in [-0.39, 0.29) is 11.5 Å². The molecular weight excluding hydrogens is 322 g/mol. The number of rotatable bonds is 3. The third-order valence-corrected chi connectivity index (χ3v) is 5.65. The highest BCUT2D eigenvalue weighted by molar-refractivity contribution is 5.88. The second-order valence-corrected chi connectivity index (χ2v) is 7.20. The molecule has 0 unspecified atom stereocenters. The van der Waals surface area contributed by atoms with Gasteiger partial charge in [-0.2, -0.15) is 0 Å². The molecule has 3 heterocycles. The van der Waals surface area contributed by atoms with Gasteiger partial charge in [-0.05, 0) is 12.8 Å². The van der Waals surface area contributed by atoms with Crippen LogP contribution in [0.3, 0.4) is 0 Å². The van der Waals surface area contributed by atoms with Crippen LogP contribution >= 0.6 is 0 Å². The van der Waals surface area contributed by atoms with Gasteiger partial charge in [-0.25, -0.2) is 14.8 Å². The lowest BCUT2D eigenvalue weighted by molar-refractivity contribution is -0.169. The molecule has 4 rings (SSSR count). The highest BCUT2D eigenvalue weighted by atomic mass is 16.7. The summed E-state index contributed by atoms with van der Waals surface area (Å²) in [5.74, 6) is -0.487. The molecule has 7 heteroatoms. The van der Waals surface area contributed by atoms with Crippen molar-refractivity contribution in [3.05, 3.63) is 17.5 Å². The predicted molar refractivity (Wildman–Crippen MR) is 90.9 cm³/mol. The zero-order chi connectivity index (χ0) is 17.3. The van der Waals surface area contributed by atoms with Crippen LogP contribution in [0.15, 0.2) is 6.20 Å². The lowest BCUT2D eigenvalue weighted by atomic mass is 9.85. The Hall–Kier alpha value is -1.73. The molecular formula is C18H25N3O4. The van der Waals surface area contributed by atoms with Gasteiger partial charge < -0.3 is 19.5 Å². The summed E-state index contributed by atoms with van der Waals surface area (Å²) in [6.45, 7) is 2.85. The molecule has 1 aliphatic carbocycles. The molecule has 1 aromatic rings. The summed E-state index contributed by atoms with van der Waals surface area (Å²) in [6, 6.07) is 0. The molecule has 1 N–H and O–H groups in total. The van der Waals surface area contributed by atoms with E-state index in [1.807, 2.05) is 0 Å². The summed E-state index contributed by atoms with van der Waals surface area (Å²) in [5, 5.41) is 9.51. The van der Waals surface area contributed by atoms with E-state index >= 15 is 0 Å². The molecule has 1 saturated carbocycles. The van der Waals surface area contributed by atoms with Gasteiger partial charge in [-0.3, -0.25) is 0 Å². The van der Waals surface area contributed by atoms with Crippen LogP contribution in [0.5, 0.6) is 0 Å². The van der Waals surface area contributed by atoms with Gasteiger partial charge in [0.2, 0.25) is 5.95 Å². The second-order valence-electron chi connectivity index (χ2n) is 7.20. The van der Waals surface area contributed by atoms with Crippen molar-refractivity contribution >= 4 is 11.9 Å². The number of carboxylic acid groups (broad SMARTS) is 1. The number of hydrogen-bond donors (Lipinski definition) is 1. The maximum atomic E-state index is 11.6. The van der Waals surface area contributed by atoms with Crippen LogP contribution in [0.1, 0.15) is 66.9 Å². The third-order valence-electron chi connectivity index (χ3n) is 5.65. The van der Waals surface area contributed by atoms with Crippen molar-refractivity contribution in [3.63, 3.8) is 0 Å². The third kappa shape index (κ3) is 3.35. The Labute approximate surface area is 147 Å². The Kier molecular flexibility index (Phi) is 4.60. The molecule has 7 nitrogen and oxygen atoms in total. The van der Waals surface area contributed by atoms with Gasteiger partial charge >= 0.3 is 5.97 Å². The van der Waals surface area contributed by atoms with E-state index < -0.39 is 11.8 Å².